The molecule has 0 saturated heterocycles. The molecule has 2 N–H and O–H groups in total. The van der Waals surface area contributed by atoms with Crippen LogP contribution < -0.4 is 0 Å². The normalized spacial score (nSPS) is 12.2. The second-order valence-electron chi connectivity index (χ2n) is 6.28. The van der Waals surface area contributed by atoms with E-state index in [0.29, 0.717) is 0 Å². The zero-order valence-electron chi connectivity index (χ0n) is 12.7. The van der Waals surface area contributed by atoms with Gasteiger partial charge in [0.2, 0.25) is 0 Å². The Morgan fingerprint density at radius 2 is 1.58 bits per heavy atom. The maximum absolute atomic E-state index is 12.5. The number of carbonyl (C=O) groups is 2. The van der Waals surface area contributed by atoms with Crippen molar-refractivity contribution in [2.24, 2.45) is 0 Å². The Balaban J connectivity index is 5.07. The van der Waals surface area contributed by atoms with Gasteiger partial charge >= 0.3 is 12.0 Å². The lowest BCUT2D eigenvalue weighted by atomic mass is 10.0. The van der Waals surface area contributed by atoms with Crippen LogP contribution in [0.4, 0.5) is 4.79 Å². The molecule has 0 atom stereocenters. The molecule has 0 rings (SSSR count). The third-order valence-electron chi connectivity index (χ3n) is 3.17. The van der Waals surface area contributed by atoms with Gasteiger partial charge in [0.1, 0.15) is 0 Å². The fraction of sp³-hybridized carbons (Fsp3) is 0.846. The zero-order chi connectivity index (χ0) is 15.4. The molecule has 6 heteroatoms. The summed E-state index contributed by atoms with van der Waals surface area (Å²) in [6.45, 7) is 9.05. The van der Waals surface area contributed by atoms with E-state index in [1.807, 2.05) is 20.8 Å². The number of nitrogens with zero attached hydrogens (tertiary/aromatic N) is 2. The molecule has 0 aliphatic rings. The number of amides is 2. The van der Waals surface area contributed by atoms with Gasteiger partial charge in [-0.05, 0) is 34.6 Å². The van der Waals surface area contributed by atoms with Crippen LogP contribution in [0.5, 0.6) is 0 Å². The summed E-state index contributed by atoms with van der Waals surface area (Å²) in [5, 5.41) is 18.1. The Morgan fingerprint density at radius 3 is 1.89 bits per heavy atom. The SMILES string of the molecule is CN(C(=O)N(CCC(=O)O)C(C)(C)C)C(C)(C)CO. The second kappa shape index (κ2) is 6.23. The summed E-state index contributed by atoms with van der Waals surface area (Å²) in [5.74, 6) is -0.939. The number of aliphatic hydroxyl groups is 1. The molecule has 0 aromatic rings. The van der Waals surface area contributed by atoms with E-state index < -0.39 is 17.0 Å². The molecular formula is C13H26N2O4. The fourth-order valence-corrected chi connectivity index (χ4v) is 1.47. The van der Waals surface area contributed by atoms with E-state index in [1.165, 1.54) is 9.80 Å². The summed E-state index contributed by atoms with van der Waals surface area (Å²) >= 11 is 0. The van der Waals surface area contributed by atoms with Crippen LogP contribution >= 0.6 is 0 Å². The quantitative estimate of drug-likeness (QED) is 0.793. The zero-order valence-corrected chi connectivity index (χ0v) is 12.7. The van der Waals surface area contributed by atoms with Crippen molar-refractivity contribution in [1.29, 1.82) is 0 Å². The van der Waals surface area contributed by atoms with Crippen LogP contribution in [0, 0.1) is 0 Å². The van der Waals surface area contributed by atoms with Crippen molar-refractivity contribution >= 4 is 12.0 Å². The molecule has 0 unspecified atom stereocenters. The lowest BCUT2D eigenvalue weighted by Crippen LogP contribution is -2.57. The minimum atomic E-state index is -0.939. The van der Waals surface area contributed by atoms with Crippen LogP contribution in [-0.2, 0) is 4.79 Å². The molecule has 0 heterocycles. The van der Waals surface area contributed by atoms with Crippen molar-refractivity contribution in [2.45, 2.75) is 52.1 Å². The molecule has 0 fully saturated rings. The first-order valence-electron chi connectivity index (χ1n) is 6.31. The number of carboxylic acids is 1. The monoisotopic (exact) mass is 274 g/mol. The van der Waals surface area contributed by atoms with Gasteiger partial charge in [-0.3, -0.25) is 4.79 Å². The van der Waals surface area contributed by atoms with E-state index in [0.717, 1.165) is 0 Å². The van der Waals surface area contributed by atoms with E-state index in [1.54, 1.807) is 20.9 Å². The summed E-state index contributed by atoms with van der Waals surface area (Å²) in [6, 6.07) is -0.284. The first-order valence-corrected chi connectivity index (χ1v) is 6.31. The number of hydrogen-bond acceptors (Lipinski definition) is 3. The highest BCUT2D eigenvalue weighted by Gasteiger charge is 2.34. The summed E-state index contributed by atoms with van der Waals surface area (Å²) in [5.41, 5.74) is -1.17. The molecule has 2 amide bonds. The molecule has 0 aromatic heterocycles. The van der Waals surface area contributed by atoms with E-state index in [-0.39, 0.29) is 25.6 Å². The van der Waals surface area contributed by atoms with E-state index in [4.69, 9.17) is 5.11 Å². The first-order chi connectivity index (χ1) is 8.43. The van der Waals surface area contributed by atoms with Crippen LogP contribution in [0.15, 0.2) is 0 Å². The number of likely N-dealkylation sites (N-methyl/N-ethyl adjacent to an activating group) is 1. The highest BCUT2D eigenvalue weighted by Crippen LogP contribution is 2.20. The van der Waals surface area contributed by atoms with Gasteiger partial charge in [0.25, 0.3) is 0 Å². The van der Waals surface area contributed by atoms with Gasteiger partial charge in [0.05, 0.1) is 18.6 Å². The third kappa shape index (κ3) is 5.06. The number of hydrogen-bond donors (Lipinski definition) is 2. The largest absolute Gasteiger partial charge is 0.481 e. The minimum Gasteiger partial charge on any atom is -0.481 e. The van der Waals surface area contributed by atoms with Crippen molar-refractivity contribution in [3.8, 4) is 0 Å². The van der Waals surface area contributed by atoms with Crippen molar-refractivity contribution in [3.63, 3.8) is 0 Å². The van der Waals surface area contributed by atoms with Crippen LogP contribution in [0.2, 0.25) is 0 Å². The van der Waals surface area contributed by atoms with Crippen molar-refractivity contribution in [2.75, 3.05) is 20.2 Å². The summed E-state index contributed by atoms with van der Waals surface area (Å²) in [7, 11) is 1.61. The number of aliphatic carboxylic acids is 1. The molecule has 0 aliphatic heterocycles. The Hall–Kier alpha value is -1.30. The van der Waals surface area contributed by atoms with Crippen molar-refractivity contribution < 1.29 is 19.8 Å². The average Bonchev–Trinajstić information content (AvgIpc) is 2.25. The molecular weight excluding hydrogens is 248 g/mol. The van der Waals surface area contributed by atoms with Crippen molar-refractivity contribution in [1.82, 2.24) is 9.80 Å². The Morgan fingerprint density at radius 1 is 1.11 bits per heavy atom. The van der Waals surface area contributed by atoms with Crippen LogP contribution in [0.1, 0.15) is 41.0 Å². The molecule has 0 aliphatic carbocycles. The Bertz CT molecular complexity index is 334. The maximum Gasteiger partial charge on any atom is 0.320 e. The number of carboxylic acid groups (broad SMARTS) is 1. The van der Waals surface area contributed by atoms with Gasteiger partial charge in [-0.2, -0.15) is 0 Å². The van der Waals surface area contributed by atoms with Gasteiger partial charge < -0.3 is 20.0 Å². The molecule has 0 saturated carbocycles. The smallest absolute Gasteiger partial charge is 0.320 e. The Kier molecular flexibility index (Phi) is 5.81. The van der Waals surface area contributed by atoms with E-state index >= 15 is 0 Å². The number of urea groups is 1. The number of rotatable bonds is 5. The predicted octanol–water partition coefficient (Wildman–Crippen LogP) is 1.38. The van der Waals surface area contributed by atoms with Gasteiger partial charge in [-0.1, -0.05) is 0 Å². The van der Waals surface area contributed by atoms with Crippen LogP contribution in [0.25, 0.3) is 0 Å². The molecule has 0 aromatic carbocycles. The molecule has 112 valence electrons. The predicted molar refractivity (Wildman–Crippen MR) is 73.0 cm³/mol. The first kappa shape index (κ1) is 17.7. The second-order valence-corrected chi connectivity index (χ2v) is 6.28. The highest BCUT2D eigenvalue weighted by atomic mass is 16.4. The maximum atomic E-state index is 12.5. The van der Waals surface area contributed by atoms with Crippen LogP contribution in [0.3, 0.4) is 0 Å². The minimum absolute atomic E-state index is 0.101. The molecule has 0 radical (unpaired) electrons. The molecule has 0 spiro atoms. The Labute approximate surface area is 115 Å². The van der Waals surface area contributed by atoms with Gasteiger partial charge in [-0.25, -0.2) is 4.79 Å². The standard InChI is InChI=1S/C13H26N2O4/c1-12(2,3)15(8-7-10(17)18)11(19)14(6)13(4,5)9-16/h16H,7-9H2,1-6H3,(H,17,18). The average molecular weight is 274 g/mol. The molecule has 0 bridgehead atoms. The topological polar surface area (TPSA) is 81.1 Å². The van der Waals surface area contributed by atoms with Crippen molar-refractivity contribution in [3.05, 3.63) is 0 Å². The van der Waals surface area contributed by atoms with E-state index in [2.05, 4.69) is 0 Å². The lowest BCUT2D eigenvalue weighted by molar-refractivity contribution is -0.137. The summed E-state index contributed by atoms with van der Waals surface area (Å²) < 4.78 is 0. The van der Waals surface area contributed by atoms with Gasteiger partial charge in [0.15, 0.2) is 0 Å². The fourth-order valence-electron chi connectivity index (χ4n) is 1.47. The van der Waals surface area contributed by atoms with E-state index in [9.17, 15) is 14.7 Å². The summed E-state index contributed by atoms with van der Waals surface area (Å²) in [4.78, 5) is 26.1. The van der Waals surface area contributed by atoms with Gasteiger partial charge in [-0.15, -0.1) is 0 Å². The van der Waals surface area contributed by atoms with Crippen LogP contribution in [-0.4, -0.2) is 63.3 Å². The number of carbonyl (C=O) groups excluding carboxylic acids is 1. The highest BCUT2D eigenvalue weighted by molar-refractivity contribution is 5.76. The number of aliphatic hydroxyl groups excluding tert-OH is 1. The molecule has 19 heavy (non-hydrogen) atoms. The summed E-state index contributed by atoms with van der Waals surface area (Å²) in [6.07, 6.45) is -0.101. The third-order valence-corrected chi connectivity index (χ3v) is 3.17. The molecule has 6 nitrogen and oxygen atoms in total. The van der Waals surface area contributed by atoms with Gasteiger partial charge in [0, 0.05) is 19.1 Å². The lowest BCUT2D eigenvalue weighted by Gasteiger charge is -2.42.